The highest BCUT2D eigenvalue weighted by Gasteiger charge is 2.08. The molecule has 2 rings (SSSR count). The molecule has 0 fully saturated rings. The Morgan fingerprint density at radius 3 is 1.75 bits per heavy atom. The average molecular weight is 275 g/mol. The first kappa shape index (κ1) is 14.7. The van der Waals surface area contributed by atoms with Crippen LogP contribution in [0.4, 0.5) is 8.78 Å². The fourth-order valence-electron chi connectivity index (χ4n) is 2.59. The first-order valence-corrected chi connectivity index (χ1v) is 6.70. The third-order valence-corrected chi connectivity index (χ3v) is 3.20. The largest absolute Gasteiger partial charge is 0.327 e. The van der Waals surface area contributed by atoms with E-state index in [0.717, 1.165) is 11.6 Å². The van der Waals surface area contributed by atoms with Gasteiger partial charge in [0, 0.05) is 12.1 Å². The lowest BCUT2D eigenvalue weighted by atomic mass is 9.97. The molecule has 3 heteroatoms. The van der Waals surface area contributed by atoms with Gasteiger partial charge in [-0.25, -0.2) is 8.78 Å². The van der Waals surface area contributed by atoms with Crippen LogP contribution in [0.25, 0.3) is 0 Å². The molecule has 0 heterocycles. The Kier molecular flexibility index (Phi) is 4.50. The number of halogens is 2. The zero-order valence-corrected chi connectivity index (χ0v) is 11.8. The van der Waals surface area contributed by atoms with Crippen LogP contribution in [0.1, 0.15) is 22.3 Å². The van der Waals surface area contributed by atoms with Crippen LogP contribution in [-0.2, 0) is 12.8 Å². The van der Waals surface area contributed by atoms with Gasteiger partial charge in [0.2, 0.25) is 0 Å². The molecule has 0 bridgehead atoms. The van der Waals surface area contributed by atoms with Gasteiger partial charge in [-0.05, 0) is 49.9 Å². The summed E-state index contributed by atoms with van der Waals surface area (Å²) in [6.45, 7) is 4.09. The van der Waals surface area contributed by atoms with Gasteiger partial charge < -0.3 is 5.73 Å². The molecule has 0 saturated carbocycles. The highest BCUT2D eigenvalue weighted by Crippen LogP contribution is 2.14. The molecule has 20 heavy (non-hydrogen) atoms. The van der Waals surface area contributed by atoms with Crippen molar-refractivity contribution in [2.45, 2.75) is 32.7 Å². The van der Waals surface area contributed by atoms with Gasteiger partial charge in [-0.15, -0.1) is 0 Å². The summed E-state index contributed by atoms with van der Waals surface area (Å²) >= 11 is 0. The standard InChI is InChI=1S/C17H19F2N/c1-11-3-12(2)5-13(4-11)8-17(20)9-14-6-15(18)10-16(19)7-14/h3-7,10,17H,8-9,20H2,1-2H3. The molecule has 0 aromatic heterocycles. The van der Waals surface area contributed by atoms with Crippen LogP contribution in [0, 0.1) is 25.5 Å². The summed E-state index contributed by atoms with van der Waals surface area (Å²) in [5.74, 6) is -1.11. The molecule has 1 atom stereocenters. The second-order valence-corrected chi connectivity index (χ2v) is 5.44. The van der Waals surface area contributed by atoms with Crippen molar-refractivity contribution in [2.24, 2.45) is 5.73 Å². The van der Waals surface area contributed by atoms with Crippen molar-refractivity contribution >= 4 is 0 Å². The van der Waals surface area contributed by atoms with E-state index < -0.39 is 11.6 Å². The SMILES string of the molecule is Cc1cc(C)cc(CC(N)Cc2cc(F)cc(F)c2)c1. The highest BCUT2D eigenvalue weighted by molar-refractivity contribution is 5.29. The van der Waals surface area contributed by atoms with E-state index in [1.165, 1.54) is 23.3 Å². The van der Waals surface area contributed by atoms with E-state index in [4.69, 9.17) is 5.73 Å². The molecule has 2 aromatic rings. The fourth-order valence-corrected chi connectivity index (χ4v) is 2.59. The van der Waals surface area contributed by atoms with Crippen LogP contribution in [0.15, 0.2) is 36.4 Å². The normalized spacial score (nSPS) is 12.4. The van der Waals surface area contributed by atoms with E-state index in [0.29, 0.717) is 18.4 Å². The zero-order chi connectivity index (χ0) is 14.7. The second kappa shape index (κ2) is 6.14. The molecular formula is C17H19F2N. The minimum Gasteiger partial charge on any atom is -0.327 e. The summed E-state index contributed by atoms with van der Waals surface area (Å²) in [5, 5.41) is 0. The molecule has 0 radical (unpaired) electrons. The van der Waals surface area contributed by atoms with E-state index in [9.17, 15) is 8.78 Å². The molecule has 2 aromatic carbocycles. The molecular weight excluding hydrogens is 256 g/mol. The summed E-state index contributed by atoms with van der Waals surface area (Å²) in [6.07, 6.45) is 1.16. The molecule has 0 saturated heterocycles. The summed E-state index contributed by atoms with van der Waals surface area (Å²) in [6, 6.07) is 9.69. The van der Waals surface area contributed by atoms with Crippen molar-refractivity contribution in [1.82, 2.24) is 0 Å². The van der Waals surface area contributed by atoms with Gasteiger partial charge >= 0.3 is 0 Å². The molecule has 1 unspecified atom stereocenters. The van der Waals surface area contributed by atoms with Crippen molar-refractivity contribution in [3.8, 4) is 0 Å². The Morgan fingerprint density at radius 1 is 0.800 bits per heavy atom. The summed E-state index contributed by atoms with van der Waals surface area (Å²) in [4.78, 5) is 0. The molecule has 0 amide bonds. The van der Waals surface area contributed by atoms with Crippen molar-refractivity contribution in [3.63, 3.8) is 0 Å². The van der Waals surface area contributed by atoms with Gasteiger partial charge in [-0.3, -0.25) is 0 Å². The number of benzene rings is 2. The van der Waals surface area contributed by atoms with E-state index in [-0.39, 0.29) is 6.04 Å². The monoisotopic (exact) mass is 275 g/mol. The predicted octanol–water partition coefficient (Wildman–Crippen LogP) is 3.69. The molecule has 0 aliphatic carbocycles. The summed E-state index contributed by atoms with van der Waals surface area (Å²) in [5.41, 5.74) is 10.2. The van der Waals surface area contributed by atoms with Crippen LogP contribution in [0.2, 0.25) is 0 Å². The molecule has 106 valence electrons. The average Bonchev–Trinajstić information content (AvgIpc) is 2.24. The quantitative estimate of drug-likeness (QED) is 0.904. The highest BCUT2D eigenvalue weighted by atomic mass is 19.1. The van der Waals surface area contributed by atoms with E-state index in [1.54, 1.807) is 0 Å². The van der Waals surface area contributed by atoms with Crippen LogP contribution < -0.4 is 5.73 Å². The van der Waals surface area contributed by atoms with Gasteiger partial charge in [0.1, 0.15) is 11.6 Å². The lowest BCUT2D eigenvalue weighted by Crippen LogP contribution is -2.25. The smallest absolute Gasteiger partial charge is 0.126 e. The molecule has 0 aliphatic heterocycles. The molecule has 2 N–H and O–H groups in total. The fraction of sp³-hybridized carbons (Fsp3) is 0.294. The predicted molar refractivity (Wildman–Crippen MR) is 77.7 cm³/mol. The second-order valence-electron chi connectivity index (χ2n) is 5.44. The lowest BCUT2D eigenvalue weighted by molar-refractivity contribution is 0.574. The molecule has 0 spiro atoms. The number of hydrogen-bond acceptors (Lipinski definition) is 1. The van der Waals surface area contributed by atoms with E-state index in [1.807, 2.05) is 13.8 Å². The van der Waals surface area contributed by atoms with Crippen LogP contribution in [-0.4, -0.2) is 6.04 Å². The van der Waals surface area contributed by atoms with Gasteiger partial charge in [0.25, 0.3) is 0 Å². The van der Waals surface area contributed by atoms with Gasteiger partial charge in [-0.1, -0.05) is 29.3 Å². The third-order valence-electron chi connectivity index (χ3n) is 3.20. The first-order chi connectivity index (χ1) is 9.42. The third kappa shape index (κ3) is 4.14. The van der Waals surface area contributed by atoms with Gasteiger partial charge in [-0.2, -0.15) is 0 Å². The van der Waals surface area contributed by atoms with E-state index >= 15 is 0 Å². The maximum atomic E-state index is 13.1. The summed E-state index contributed by atoms with van der Waals surface area (Å²) < 4.78 is 26.3. The number of aryl methyl sites for hydroxylation is 2. The van der Waals surface area contributed by atoms with Crippen molar-refractivity contribution in [1.29, 1.82) is 0 Å². The molecule has 1 nitrogen and oxygen atoms in total. The van der Waals surface area contributed by atoms with Crippen LogP contribution >= 0.6 is 0 Å². The summed E-state index contributed by atoms with van der Waals surface area (Å²) in [7, 11) is 0. The van der Waals surface area contributed by atoms with Gasteiger partial charge in [0.15, 0.2) is 0 Å². The Labute approximate surface area is 118 Å². The maximum Gasteiger partial charge on any atom is 0.126 e. The Balaban J connectivity index is 2.06. The minimum atomic E-state index is -0.557. The zero-order valence-electron chi connectivity index (χ0n) is 11.8. The Morgan fingerprint density at radius 2 is 1.25 bits per heavy atom. The Bertz CT molecular complexity index is 514. The van der Waals surface area contributed by atoms with Crippen molar-refractivity contribution < 1.29 is 8.78 Å². The van der Waals surface area contributed by atoms with Crippen molar-refractivity contribution in [2.75, 3.05) is 0 Å². The van der Waals surface area contributed by atoms with Gasteiger partial charge in [0.05, 0.1) is 0 Å². The van der Waals surface area contributed by atoms with Crippen LogP contribution in [0.3, 0.4) is 0 Å². The first-order valence-electron chi connectivity index (χ1n) is 6.70. The number of nitrogens with two attached hydrogens (primary N) is 1. The lowest BCUT2D eigenvalue weighted by Gasteiger charge is -2.13. The Hall–Kier alpha value is -1.74. The topological polar surface area (TPSA) is 26.0 Å². The minimum absolute atomic E-state index is 0.155. The molecule has 0 aliphatic rings. The number of rotatable bonds is 4. The number of hydrogen-bond donors (Lipinski definition) is 1. The van der Waals surface area contributed by atoms with E-state index in [2.05, 4.69) is 18.2 Å². The maximum absolute atomic E-state index is 13.1. The van der Waals surface area contributed by atoms with Crippen molar-refractivity contribution in [3.05, 3.63) is 70.3 Å². The van der Waals surface area contributed by atoms with Crippen LogP contribution in [0.5, 0.6) is 0 Å².